The molecule has 0 saturated heterocycles. The van der Waals surface area contributed by atoms with Gasteiger partial charge in [-0.25, -0.2) is 4.79 Å². The molecule has 0 bridgehead atoms. The number of rotatable bonds is 7. The van der Waals surface area contributed by atoms with Crippen LogP contribution >= 0.6 is 0 Å². The van der Waals surface area contributed by atoms with Crippen LogP contribution in [0, 0.1) is 11.3 Å². The Labute approximate surface area is 180 Å². The molecule has 31 heavy (non-hydrogen) atoms. The lowest BCUT2D eigenvalue weighted by molar-refractivity contribution is -0.139. The summed E-state index contributed by atoms with van der Waals surface area (Å²) in [6.45, 7) is 3.58. The number of hydrogen-bond donors (Lipinski definition) is 0. The highest BCUT2D eigenvalue weighted by Gasteiger charge is 2.38. The molecule has 0 unspecified atom stereocenters. The summed E-state index contributed by atoms with van der Waals surface area (Å²) < 4.78 is 29.3. The molecule has 162 valence electrons. The Kier molecular flexibility index (Phi) is 6.55. The fraction of sp³-hybridized carbons (Fsp3) is 0.304. The lowest BCUT2D eigenvalue weighted by Gasteiger charge is -2.29. The molecular weight excluding hydrogens is 400 g/mol. The van der Waals surface area contributed by atoms with Crippen molar-refractivity contribution in [2.45, 2.75) is 19.8 Å². The predicted octanol–water partition coefficient (Wildman–Crippen LogP) is 3.86. The van der Waals surface area contributed by atoms with Crippen LogP contribution in [0.15, 0.2) is 53.6 Å². The zero-order valence-corrected chi connectivity index (χ0v) is 18.1. The van der Waals surface area contributed by atoms with E-state index in [0.29, 0.717) is 34.5 Å². The molecule has 2 aromatic rings. The molecule has 0 N–H and O–H groups in total. The summed E-state index contributed by atoms with van der Waals surface area (Å²) in [4.78, 5) is 12.9. The van der Waals surface area contributed by atoms with Gasteiger partial charge >= 0.3 is 5.97 Å². The van der Waals surface area contributed by atoms with E-state index in [-0.39, 0.29) is 17.8 Å². The molecule has 0 amide bonds. The molecule has 0 fully saturated rings. The lowest BCUT2D eigenvalue weighted by atomic mass is 9.82. The molecule has 1 atom stereocenters. The van der Waals surface area contributed by atoms with Gasteiger partial charge in [0.1, 0.15) is 17.4 Å². The van der Waals surface area contributed by atoms with E-state index in [2.05, 4.69) is 6.07 Å². The van der Waals surface area contributed by atoms with Crippen LogP contribution < -0.4 is 14.2 Å². The van der Waals surface area contributed by atoms with E-state index in [1.165, 1.54) is 21.3 Å². The molecule has 1 aliphatic rings. The normalized spacial score (nSPS) is 15.8. The quantitative estimate of drug-likeness (QED) is 0.623. The van der Waals surface area contributed by atoms with Crippen LogP contribution in [0.2, 0.25) is 0 Å². The summed E-state index contributed by atoms with van der Waals surface area (Å²) in [5, 5.41) is 10.1. The van der Waals surface area contributed by atoms with Crippen LogP contribution in [0.5, 0.6) is 17.2 Å². The summed E-state index contributed by atoms with van der Waals surface area (Å²) in [6, 6.07) is 9.29. The number of aromatic nitrogens is 1. The third-order valence-electron chi connectivity index (χ3n) is 4.91. The first-order chi connectivity index (χ1) is 15.0. The molecule has 8 heteroatoms. The first kappa shape index (κ1) is 21.8. The second-order valence-electron chi connectivity index (χ2n) is 6.61. The van der Waals surface area contributed by atoms with Crippen molar-refractivity contribution in [1.29, 1.82) is 5.26 Å². The standard InChI is InChI=1S/C23H24N2O6/c1-6-30-23(26)19-14(2)31-22(25-9-7-8-10-25)16(13-24)20(19)15-11-17(27-3)21(29-5)18(12-15)28-4/h7-12,20H,6H2,1-5H3/t20-/m1/s1. The molecule has 1 aliphatic heterocycles. The molecule has 1 aromatic carbocycles. The van der Waals surface area contributed by atoms with Gasteiger partial charge < -0.3 is 23.7 Å². The number of nitriles is 1. The fourth-order valence-corrected chi connectivity index (χ4v) is 3.57. The van der Waals surface area contributed by atoms with Crippen molar-refractivity contribution in [3.8, 4) is 23.3 Å². The fourth-order valence-electron chi connectivity index (χ4n) is 3.57. The Bertz CT molecular complexity index is 1050. The average Bonchev–Trinajstić information content (AvgIpc) is 3.32. The molecule has 0 spiro atoms. The Morgan fingerprint density at radius 2 is 1.74 bits per heavy atom. The minimum atomic E-state index is -0.760. The van der Waals surface area contributed by atoms with Crippen molar-refractivity contribution in [1.82, 2.24) is 4.57 Å². The zero-order valence-electron chi connectivity index (χ0n) is 18.1. The first-order valence-electron chi connectivity index (χ1n) is 9.63. The van der Waals surface area contributed by atoms with Crippen molar-refractivity contribution in [3.63, 3.8) is 0 Å². The Balaban J connectivity index is 2.30. The van der Waals surface area contributed by atoms with Crippen molar-refractivity contribution < 1.29 is 28.5 Å². The van der Waals surface area contributed by atoms with Gasteiger partial charge in [-0.05, 0) is 43.7 Å². The topological polar surface area (TPSA) is 91.9 Å². The summed E-state index contributed by atoms with van der Waals surface area (Å²) in [5.74, 6) is 0.569. The van der Waals surface area contributed by atoms with Gasteiger partial charge in [-0.1, -0.05) is 0 Å². The van der Waals surface area contributed by atoms with Crippen LogP contribution in [0.25, 0.3) is 5.88 Å². The van der Waals surface area contributed by atoms with Gasteiger partial charge in [-0.15, -0.1) is 0 Å². The van der Waals surface area contributed by atoms with Gasteiger partial charge in [0.2, 0.25) is 11.6 Å². The number of benzene rings is 1. The predicted molar refractivity (Wildman–Crippen MR) is 113 cm³/mol. The number of hydrogen-bond acceptors (Lipinski definition) is 7. The molecule has 2 heterocycles. The summed E-state index contributed by atoms with van der Waals surface area (Å²) >= 11 is 0. The molecular formula is C23H24N2O6. The lowest BCUT2D eigenvalue weighted by Crippen LogP contribution is -2.24. The van der Waals surface area contributed by atoms with Crippen molar-refractivity contribution in [3.05, 3.63) is 59.1 Å². The van der Waals surface area contributed by atoms with E-state index in [9.17, 15) is 10.1 Å². The molecule has 0 saturated carbocycles. The van der Waals surface area contributed by atoms with Crippen LogP contribution in [0.3, 0.4) is 0 Å². The second kappa shape index (κ2) is 9.30. The minimum Gasteiger partial charge on any atom is -0.493 e. The highest BCUT2D eigenvalue weighted by Crippen LogP contribution is 2.47. The Morgan fingerprint density at radius 3 is 2.23 bits per heavy atom. The van der Waals surface area contributed by atoms with Gasteiger partial charge in [0.15, 0.2) is 11.5 Å². The number of carbonyl (C=O) groups is 1. The Hall–Kier alpha value is -3.86. The first-order valence-corrected chi connectivity index (χ1v) is 9.63. The van der Waals surface area contributed by atoms with Crippen molar-refractivity contribution in [2.75, 3.05) is 27.9 Å². The van der Waals surface area contributed by atoms with E-state index >= 15 is 0 Å². The minimum absolute atomic E-state index is 0.188. The van der Waals surface area contributed by atoms with Crippen LogP contribution in [-0.4, -0.2) is 38.5 Å². The maximum absolute atomic E-state index is 12.9. The van der Waals surface area contributed by atoms with Gasteiger partial charge in [-0.3, -0.25) is 4.57 Å². The highest BCUT2D eigenvalue weighted by atomic mass is 16.5. The van der Waals surface area contributed by atoms with Gasteiger partial charge in [0.05, 0.1) is 39.4 Å². The number of nitrogens with zero attached hydrogens (tertiary/aromatic N) is 2. The smallest absolute Gasteiger partial charge is 0.338 e. The highest BCUT2D eigenvalue weighted by molar-refractivity contribution is 5.93. The van der Waals surface area contributed by atoms with E-state index in [0.717, 1.165) is 0 Å². The van der Waals surface area contributed by atoms with Crippen LogP contribution in [-0.2, 0) is 14.3 Å². The number of allylic oxidation sites excluding steroid dienone is 2. The van der Waals surface area contributed by atoms with Gasteiger partial charge in [-0.2, -0.15) is 5.26 Å². The van der Waals surface area contributed by atoms with Crippen molar-refractivity contribution in [2.24, 2.45) is 0 Å². The number of carbonyl (C=O) groups excluding carboxylic acids is 1. The molecule has 3 rings (SSSR count). The molecule has 1 aromatic heterocycles. The van der Waals surface area contributed by atoms with Crippen LogP contribution in [0.4, 0.5) is 0 Å². The monoisotopic (exact) mass is 424 g/mol. The van der Waals surface area contributed by atoms with Gasteiger partial charge in [0, 0.05) is 12.4 Å². The van der Waals surface area contributed by atoms with E-state index < -0.39 is 11.9 Å². The van der Waals surface area contributed by atoms with E-state index in [4.69, 9.17) is 23.7 Å². The largest absolute Gasteiger partial charge is 0.493 e. The molecule has 8 nitrogen and oxygen atoms in total. The summed E-state index contributed by atoms with van der Waals surface area (Å²) in [6.07, 6.45) is 3.53. The summed E-state index contributed by atoms with van der Waals surface area (Å²) in [7, 11) is 4.52. The third-order valence-corrected chi connectivity index (χ3v) is 4.91. The van der Waals surface area contributed by atoms with Gasteiger partial charge in [0.25, 0.3) is 0 Å². The van der Waals surface area contributed by atoms with Crippen LogP contribution in [0.1, 0.15) is 25.3 Å². The SMILES string of the molecule is CCOC(=O)C1=C(C)OC(n2cccc2)=C(C#N)[C@H]1c1cc(OC)c(OC)c(OC)c1. The maximum Gasteiger partial charge on any atom is 0.338 e. The third kappa shape index (κ3) is 3.94. The number of methoxy groups -OCH3 is 3. The average molecular weight is 424 g/mol. The number of ether oxygens (including phenoxy) is 5. The van der Waals surface area contributed by atoms with E-state index in [1.807, 2.05) is 12.1 Å². The second-order valence-corrected chi connectivity index (χ2v) is 6.61. The summed E-state index contributed by atoms with van der Waals surface area (Å²) in [5.41, 5.74) is 1.09. The zero-order chi connectivity index (χ0) is 22.5. The number of esters is 1. The molecule has 0 radical (unpaired) electrons. The van der Waals surface area contributed by atoms with Crippen molar-refractivity contribution >= 4 is 11.9 Å². The molecule has 0 aliphatic carbocycles. The maximum atomic E-state index is 12.9. The van der Waals surface area contributed by atoms with E-state index in [1.54, 1.807) is 42.9 Å². The Morgan fingerprint density at radius 1 is 1.13 bits per heavy atom.